The Kier molecular flexibility index (Phi) is 5.49. The van der Waals surface area contributed by atoms with E-state index in [0.717, 1.165) is 24.2 Å². The van der Waals surface area contributed by atoms with Crippen molar-refractivity contribution >= 4 is 12.0 Å². The van der Waals surface area contributed by atoms with Crippen LogP contribution in [-0.2, 0) is 11.3 Å². The maximum absolute atomic E-state index is 13.9. The lowest BCUT2D eigenvalue weighted by molar-refractivity contribution is -0.127. The summed E-state index contributed by atoms with van der Waals surface area (Å²) in [5.74, 6) is 0.379. The molecule has 1 aliphatic carbocycles. The van der Waals surface area contributed by atoms with Gasteiger partial charge in [0.2, 0.25) is 5.91 Å². The van der Waals surface area contributed by atoms with Crippen LogP contribution in [-0.4, -0.2) is 23.5 Å². The first-order valence-corrected chi connectivity index (χ1v) is 8.63. The van der Waals surface area contributed by atoms with Gasteiger partial charge in [0.15, 0.2) is 0 Å². The summed E-state index contributed by atoms with van der Waals surface area (Å²) in [5, 5.41) is 0. The molecule has 1 aliphatic rings. The number of para-hydroxylation sites is 1. The van der Waals surface area contributed by atoms with Gasteiger partial charge in [-0.3, -0.25) is 4.79 Å². The van der Waals surface area contributed by atoms with Gasteiger partial charge in [0.05, 0.1) is 6.61 Å². The van der Waals surface area contributed by atoms with E-state index in [1.165, 1.54) is 6.07 Å². The Morgan fingerprint density at radius 1 is 1.20 bits per heavy atom. The maximum Gasteiger partial charge on any atom is 0.247 e. The first-order chi connectivity index (χ1) is 12.2. The van der Waals surface area contributed by atoms with Crippen molar-refractivity contribution in [2.75, 3.05) is 6.61 Å². The van der Waals surface area contributed by atoms with Crippen molar-refractivity contribution in [3.05, 3.63) is 71.6 Å². The number of hydrogen-bond acceptors (Lipinski definition) is 2. The van der Waals surface area contributed by atoms with Gasteiger partial charge < -0.3 is 9.64 Å². The third-order valence-corrected chi connectivity index (χ3v) is 4.19. The summed E-state index contributed by atoms with van der Waals surface area (Å²) in [7, 11) is 0. The first kappa shape index (κ1) is 17.2. The molecule has 1 amide bonds. The van der Waals surface area contributed by atoms with Crippen molar-refractivity contribution in [1.82, 2.24) is 4.90 Å². The van der Waals surface area contributed by atoms with Gasteiger partial charge in [0.25, 0.3) is 0 Å². The Morgan fingerprint density at radius 3 is 2.64 bits per heavy atom. The number of benzene rings is 2. The zero-order valence-corrected chi connectivity index (χ0v) is 14.3. The average molecular weight is 339 g/mol. The van der Waals surface area contributed by atoms with Crippen molar-refractivity contribution in [3.8, 4) is 5.75 Å². The van der Waals surface area contributed by atoms with Crippen molar-refractivity contribution in [1.29, 1.82) is 0 Å². The molecule has 0 unspecified atom stereocenters. The Bertz CT molecular complexity index is 768. The third kappa shape index (κ3) is 4.47. The van der Waals surface area contributed by atoms with Gasteiger partial charge in [-0.15, -0.1) is 0 Å². The average Bonchev–Trinajstić information content (AvgIpc) is 3.45. The molecule has 2 aromatic rings. The van der Waals surface area contributed by atoms with Crippen LogP contribution in [0.15, 0.2) is 54.6 Å². The van der Waals surface area contributed by atoms with E-state index in [4.69, 9.17) is 4.74 Å². The van der Waals surface area contributed by atoms with Crippen molar-refractivity contribution in [3.63, 3.8) is 0 Å². The SMILES string of the molecule is CCOc1ccccc1/C=C/C(=O)N(Cc1ccccc1F)C1CC1. The fraction of sp³-hybridized carbons (Fsp3) is 0.286. The number of nitrogens with zero attached hydrogens (tertiary/aromatic N) is 1. The standard InChI is InChI=1S/C21H22FNO2/c1-2-25-20-10-6-4-7-16(20)11-14-21(24)23(18-12-13-18)15-17-8-3-5-9-19(17)22/h3-11,14,18H,2,12-13,15H2,1H3/b14-11+. The van der Waals surface area contributed by atoms with Crippen molar-refractivity contribution in [2.45, 2.75) is 32.4 Å². The number of rotatable bonds is 7. The zero-order valence-electron chi connectivity index (χ0n) is 14.3. The summed E-state index contributed by atoms with van der Waals surface area (Å²) in [6.07, 6.45) is 5.27. The lowest BCUT2D eigenvalue weighted by Gasteiger charge is -2.21. The Morgan fingerprint density at radius 2 is 1.92 bits per heavy atom. The third-order valence-electron chi connectivity index (χ3n) is 4.19. The molecule has 0 spiro atoms. The summed E-state index contributed by atoms with van der Waals surface area (Å²) >= 11 is 0. The molecular formula is C21H22FNO2. The number of ether oxygens (including phenoxy) is 1. The van der Waals surface area contributed by atoms with Crippen LogP contribution in [0.4, 0.5) is 4.39 Å². The van der Waals surface area contributed by atoms with E-state index in [9.17, 15) is 9.18 Å². The summed E-state index contributed by atoms with van der Waals surface area (Å²) in [5.41, 5.74) is 1.41. The molecule has 0 N–H and O–H groups in total. The van der Waals surface area contributed by atoms with Crippen LogP contribution in [0.5, 0.6) is 5.75 Å². The fourth-order valence-corrected chi connectivity index (χ4v) is 2.75. The van der Waals surface area contributed by atoms with Crippen molar-refractivity contribution < 1.29 is 13.9 Å². The highest BCUT2D eigenvalue weighted by molar-refractivity contribution is 5.92. The number of amides is 1. The summed E-state index contributed by atoms with van der Waals surface area (Å²) in [6.45, 7) is 2.79. The van der Waals surface area contributed by atoms with E-state index < -0.39 is 0 Å². The van der Waals surface area contributed by atoms with Gasteiger partial charge in [-0.1, -0.05) is 36.4 Å². The molecule has 0 radical (unpaired) electrons. The van der Waals surface area contributed by atoms with Gasteiger partial charge in [-0.2, -0.15) is 0 Å². The van der Waals surface area contributed by atoms with Crippen LogP contribution in [0.2, 0.25) is 0 Å². The second kappa shape index (κ2) is 7.97. The molecule has 25 heavy (non-hydrogen) atoms. The lowest BCUT2D eigenvalue weighted by atomic mass is 10.1. The molecule has 0 aliphatic heterocycles. The zero-order chi connectivity index (χ0) is 17.6. The maximum atomic E-state index is 13.9. The lowest BCUT2D eigenvalue weighted by Crippen LogP contribution is -2.31. The van der Waals surface area contributed by atoms with Crippen LogP contribution >= 0.6 is 0 Å². The normalized spacial score (nSPS) is 13.8. The van der Waals surface area contributed by atoms with E-state index in [0.29, 0.717) is 18.7 Å². The molecule has 1 fully saturated rings. The number of hydrogen-bond donors (Lipinski definition) is 0. The predicted molar refractivity (Wildman–Crippen MR) is 96.6 cm³/mol. The second-order valence-corrected chi connectivity index (χ2v) is 6.09. The first-order valence-electron chi connectivity index (χ1n) is 8.63. The Hall–Kier alpha value is -2.62. The largest absolute Gasteiger partial charge is 0.493 e. The monoisotopic (exact) mass is 339 g/mol. The van der Waals surface area contributed by atoms with Gasteiger partial charge in [0.1, 0.15) is 11.6 Å². The molecular weight excluding hydrogens is 317 g/mol. The van der Waals surface area contributed by atoms with Gasteiger partial charge >= 0.3 is 0 Å². The van der Waals surface area contributed by atoms with Crippen LogP contribution in [0.3, 0.4) is 0 Å². The second-order valence-electron chi connectivity index (χ2n) is 6.09. The summed E-state index contributed by atoms with van der Waals surface area (Å²) in [6, 6.07) is 14.4. The number of carbonyl (C=O) groups excluding carboxylic acids is 1. The molecule has 3 nitrogen and oxygen atoms in total. The van der Waals surface area contributed by atoms with E-state index in [-0.39, 0.29) is 17.8 Å². The molecule has 0 heterocycles. The number of carbonyl (C=O) groups is 1. The molecule has 4 heteroatoms. The molecule has 0 atom stereocenters. The fourth-order valence-electron chi connectivity index (χ4n) is 2.75. The van der Waals surface area contributed by atoms with Crippen LogP contribution in [0.1, 0.15) is 30.9 Å². The smallest absolute Gasteiger partial charge is 0.247 e. The van der Waals surface area contributed by atoms with E-state index in [2.05, 4.69) is 0 Å². The number of halogens is 1. The van der Waals surface area contributed by atoms with E-state index in [1.54, 1.807) is 35.3 Å². The van der Waals surface area contributed by atoms with Crippen molar-refractivity contribution in [2.24, 2.45) is 0 Å². The molecule has 2 aromatic carbocycles. The minimum atomic E-state index is -0.272. The van der Waals surface area contributed by atoms with E-state index in [1.807, 2.05) is 31.2 Å². The molecule has 0 bridgehead atoms. The minimum Gasteiger partial charge on any atom is -0.493 e. The highest BCUT2D eigenvalue weighted by atomic mass is 19.1. The molecule has 0 aromatic heterocycles. The highest BCUT2D eigenvalue weighted by Gasteiger charge is 2.32. The Labute approximate surface area is 147 Å². The Balaban J connectivity index is 1.75. The predicted octanol–water partition coefficient (Wildman–Crippen LogP) is 4.43. The minimum absolute atomic E-state index is 0.0999. The topological polar surface area (TPSA) is 29.5 Å². The van der Waals surface area contributed by atoms with Crippen LogP contribution < -0.4 is 4.74 Å². The van der Waals surface area contributed by atoms with Gasteiger partial charge in [-0.25, -0.2) is 4.39 Å². The quantitative estimate of drug-likeness (QED) is 0.699. The van der Waals surface area contributed by atoms with Gasteiger partial charge in [0, 0.05) is 29.8 Å². The molecule has 3 rings (SSSR count). The van der Waals surface area contributed by atoms with Gasteiger partial charge in [-0.05, 0) is 38.0 Å². The molecule has 1 saturated carbocycles. The van der Waals surface area contributed by atoms with Crippen LogP contribution in [0.25, 0.3) is 6.08 Å². The van der Waals surface area contributed by atoms with E-state index >= 15 is 0 Å². The van der Waals surface area contributed by atoms with Crippen LogP contribution in [0, 0.1) is 5.82 Å². The highest BCUT2D eigenvalue weighted by Crippen LogP contribution is 2.29. The molecule has 0 saturated heterocycles. The summed E-state index contributed by atoms with van der Waals surface area (Å²) < 4.78 is 19.5. The summed E-state index contributed by atoms with van der Waals surface area (Å²) in [4.78, 5) is 14.4. The molecule has 130 valence electrons.